The van der Waals surface area contributed by atoms with Crippen LogP contribution in [0.1, 0.15) is 16.2 Å². The van der Waals surface area contributed by atoms with Crippen LogP contribution in [0.3, 0.4) is 0 Å². The molecule has 0 saturated carbocycles. The minimum atomic E-state index is -0.0151. The molecule has 2 aliphatic heterocycles. The van der Waals surface area contributed by atoms with Gasteiger partial charge in [0.05, 0.1) is 5.52 Å². The Morgan fingerprint density at radius 2 is 1.53 bits per heavy atom. The number of carbonyl (C=O) groups excluding carboxylic acids is 1. The highest BCUT2D eigenvalue weighted by Gasteiger charge is 2.25. The lowest BCUT2D eigenvalue weighted by molar-refractivity contribution is 0.0740. The maximum atomic E-state index is 13.0. The number of hydrogen-bond donors (Lipinski definition) is 0. The van der Waals surface area contributed by atoms with Crippen LogP contribution in [0.15, 0.2) is 42.5 Å². The van der Waals surface area contributed by atoms with Crippen LogP contribution in [-0.2, 0) is 0 Å². The Morgan fingerprint density at radius 1 is 0.812 bits per heavy atom. The van der Waals surface area contributed by atoms with E-state index in [1.165, 1.54) is 0 Å². The van der Waals surface area contributed by atoms with Crippen LogP contribution in [0.4, 0.5) is 11.8 Å². The largest absolute Gasteiger partial charge is 0.354 e. The highest BCUT2D eigenvalue weighted by molar-refractivity contribution is 5.95. The van der Waals surface area contributed by atoms with Gasteiger partial charge in [-0.1, -0.05) is 24.3 Å². The molecule has 1 aromatic carbocycles. The summed E-state index contributed by atoms with van der Waals surface area (Å²) >= 11 is 0. The van der Waals surface area contributed by atoms with Crippen molar-refractivity contribution in [2.45, 2.75) is 6.92 Å². The Kier molecular flexibility index (Phi) is 5.61. The minimum absolute atomic E-state index is 0.0151. The predicted molar refractivity (Wildman–Crippen MR) is 126 cm³/mol. The summed E-state index contributed by atoms with van der Waals surface area (Å²) in [5, 5.41) is 1.04. The Balaban J connectivity index is 1.26. The summed E-state index contributed by atoms with van der Waals surface area (Å²) in [4.78, 5) is 35.9. The third-order valence-corrected chi connectivity index (χ3v) is 6.32. The number of anilines is 2. The second-order valence-corrected chi connectivity index (χ2v) is 8.63. The van der Waals surface area contributed by atoms with E-state index >= 15 is 0 Å². The zero-order chi connectivity index (χ0) is 22.1. The van der Waals surface area contributed by atoms with E-state index in [2.05, 4.69) is 32.8 Å². The average molecular weight is 432 g/mol. The Labute approximate surface area is 188 Å². The number of pyridine rings is 1. The quantitative estimate of drug-likeness (QED) is 0.629. The van der Waals surface area contributed by atoms with Crippen molar-refractivity contribution in [2.24, 2.45) is 0 Å². The highest BCUT2D eigenvalue weighted by atomic mass is 16.2. The number of aryl methyl sites for hydroxylation is 1. The predicted octanol–water partition coefficient (Wildman–Crippen LogP) is 2.05. The number of amides is 1. The van der Waals surface area contributed by atoms with Crippen molar-refractivity contribution in [2.75, 3.05) is 69.2 Å². The van der Waals surface area contributed by atoms with Crippen molar-refractivity contribution in [1.82, 2.24) is 24.8 Å². The fourth-order valence-electron chi connectivity index (χ4n) is 4.33. The van der Waals surface area contributed by atoms with Crippen LogP contribution in [-0.4, -0.2) is 90.1 Å². The Hall–Kier alpha value is -3.26. The first kappa shape index (κ1) is 20.6. The van der Waals surface area contributed by atoms with E-state index in [-0.39, 0.29) is 5.91 Å². The maximum absolute atomic E-state index is 13.0. The van der Waals surface area contributed by atoms with Crippen LogP contribution in [0, 0.1) is 6.92 Å². The van der Waals surface area contributed by atoms with Crippen LogP contribution >= 0.6 is 0 Å². The van der Waals surface area contributed by atoms with Gasteiger partial charge in [0.2, 0.25) is 5.95 Å². The smallest absolute Gasteiger partial charge is 0.272 e. The molecule has 3 aromatic rings. The molecule has 0 aliphatic carbocycles. The minimum Gasteiger partial charge on any atom is -0.354 e. The van der Waals surface area contributed by atoms with Crippen molar-refractivity contribution in [3.63, 3.8) is 0 Å². The molecule has 2 aliphatic rings. The van der Waals surface area contributed by atoms with E-state index < -0.39 is 0 Å². The fraction of sp³-hybridized carbons (Fsp3) is 0.417. The lowest BCUT2D eigenvalue weighted by Crippen LogP contribution is -2.49. The lowest BCUT2D eigenvalue weighted by Gasteiger charge is -2.36. The molecule has 0 spiro atoms. The van der Waals surface area contributed by atoms with Crippen molar-refractivity contribution in [1.29, 1.82) is 0 Å². The van der Waals surface area contributed by atoms with Gasteiger partial charge in [-0.15, -0.1) is 0 Å². The molecule has 2 saturated heterocycles. The summed E-state index contributed by atoms with van der Waals surface area (Å²) in [7, 11) is 2.15. The first-order chi connectivity index (χ1) is 15.6. The molecule has 32 heavy (non-hydrogen) atoms. The van der Waals surface area contributed by atoms with E-state index in [9.17, 15) is 4.79 Å². The zero-order valence-corrected chi connectivity index (χ0v) is 18.7. The fourth-order valence-corrected chi connectivity index (χ4v) is 4.33. The number of rotatable bonds is 3. The van der Waals surface area contributed by atoms with Crippen LogP contribution < -0.4 is 9.80 Å². The third-order valence-electron chi connectivity index (χ3n) is 6.32. The van der Waals surface area contributed by atoms with E-state index in [0.717, 1.165) is 54.5 Å². The summed E-state index contributed by atoms with van der Waals surface area (Å²) in [6, 6.07) is 13.7. The summed E-state index contributed by atoms with van der Waals surface area (Å²) in [6.45, 7) is 8.76. The van der Waals surface area contributed by atoms with E-state index in [1.807, 2.05) is 48.2 Å². The number of para-hydroxylation sites is 1. The molecule has 8 nitrogen and oxygen atoms in total. The Bertz CT molecular complexity index is 1120. The monoisotopic (exact) mass is 431 g/mol. The molecule has 166 valence electrons. The van der Waals surface area contributed by atoms with Crippen LogP contribution in [0.5, 0.6) is 0 Å². The molecule has 2 fully saturated rings. The molecule has 5 rings (SSSR count). The molecule has 1 amide bonds. The molecule has 8 heteroatoms. The summed E-state index contributed by atoms with van der Waals surface area (Å²) < 4.78 is 0. The van der Waals surface area contributed by atoms with Crippen molar-refractivity contribution in [3.05, 3.63) is 53.9 Å². The topological polar surface area (TPSA) is 68.7 Å². The number of aromatic nitrogens is 3. The lowest BCUT2D eigenvalue weighted by atomic mass is 10.2. The molecule has 0 N–H and O–H groups in total. The molecule has 0 radical (unpaired) electrons. The number of carbonyl (C=O) groups is 1. The SMILES string of the molecule is Cc1cc(N2CCN(C)CC2)nc(N2CCN(C(=O)c3ccc4ccccc4n3)CC2)n1. The van der Waals surface area contributed by atoms with Gasteiger partial charge >= 0.3 is 0 Å². The van der Waals surface area contributed by atoms with Crippen molar-refractivity contribution in [3.8, 4) is 0 Å². The van der Waals surface area contributed by atoms with Crippen LogP contribution in [0.2, 0.25) is 0 Å². The van der Waals surface area contributed by atoms with Gasteiger partial charge in [0.25, 0.3) is 5.91 Å². The van der Waals surface area contributed by atoms with Gasteiger partial charge in [-0.2, -0.15) is 4.98 Å². The molecule has 0 bridgehead atoms. The normalized spacial score (nSPS) is 17.8. The number of hydrogen-bond acceptors (Lipinski definition) is 7. The average Bonchev–Trinajstić information content (AvgIpc) is 2.83. The molecule has 0 atom stereocenters. The zero-order valence-electron chi connectivity index (χ0n) is 18.7. The molecular formula is C24H29N7O. The van der Waals surface area contributed by atoms with Gasteiger partial charge in [0.15, 0.2) is 0 Å². The second kappa shape index (κ2) is 8.70. The van der Waals surface area contributed by atoms with Crippen molar-refractivity contribution >= 4 is 28.6 Å². The molecular weight excluding hydrogens is 402 g/mol. The number of likely N-dealkylation sites (N-methyl/N-ethyl adjacent to an activating group) is 1. The first-order valence-corrected chi connectivity index (χ1v) is 11.3. The maximum Gasteiger partial charge on any atom is 0.272 e. The first-order valence-electron chi connectivity index (χ1n) is 11.3. The third kappa shape index (κ3) is 4.23. The molecule has 2 aromatic heterocycles. The summed E-state index contributed by atoms with van der Waals surface area (Å²) in [6.07, 6.45) is 0. The van der Waals surface area contributed by atoms with E-state index in [1.54, 1.807) is 0 Å². The number of fused-ring (bicyclic) bond motifs is 1. The molecule has 4 heterocycles. The van der Waals surface area contributed by atoms with Gasteiger partial charge in [0, 0.05) is 69.5 Å². The van der Waals surface area contributed by atoms with Crippen molar-refractivity contribution < 1.29 is 4.79 Å². The van der Waals surface area contributed by atoms with E-state index in [4.69, 9.17) is 9.97 Å². The number of benzene rings is 1. The summed E-state index contributed by atoms with van der Waals surface area (Å²) in [5.41, 5.74) is 2.32. The van der Waals surface area contributed by atoms with Gasteiger partial charge in [-0.3, -0.25) is 4.79 Å². The molecule has 0 unspecified atom stereocenters. The summed E-state index contributed by atoms with van der Waals surface area (Å²) in [5.74, 6) is 1.74. The van der Waals surface area contributed by atoms with E-state index in [0.29, 0.717) is 31.9 Å². The van der Waals surface area contributed by atoms with Gasteiger partial charge in [-0.25, -0.2) is 9.97 Å². The number of piperazine rings is 2. The van der Waals surface area contributed by atoms with Gasteiger partial charge < -0.3 is 19.6 Å². The highest BCUT2D eigenvalue weighted by Crippen LogP contribution is 2.21. The van der Waals surface area contributed by atoms with Crippen LogP contribution in [0.25, 0.3) is 10.9 Å². The Morgan fingerprint density at radius 3 is 2.31 bits per heavy atom. The van der Waals surface area contributed by atoms with Gasteiger partial charge in [-0.05, 0) is 26.1 Å². The number of nitrogens with zero attached hydrogens (tertiary/aromatic N) is 7. The standard InChI is InChI=1S/C24H29N7O/c1-18-17-22(29-11-9-28(2)10-12-29)27-24(25-18)31-15-13-30(14-16-31)23(32)21-8-7-19-5-3-4-6-20(19)26-21/h3-8,17H,9-16H2,1-2H3. The second-order valence-electron chi connectivity index (χ2n) is 8.63. The van der Waals surface area contributed by atoms with Gasteiger partial charge in [0.1, 0.15) is 11.5 Å².